The monoisotopic (exact) mass is 526 g/mol. The van der Waals surface area contributed by atoms with E-state index in [0.29, 0.717) is 30.8 Å². The number of esters is 1. The summed E-state index contributed by atoms with van der Waals surface area (Å²) in [6, 6.07) is 20.4. The maximum absolute atomic E-state index is 13.6. The molecule has 3 aromatic rings. The van der Waals surface area contributed by atoms with Gasteiger partial charge in [-0.25, -0.2) is 4.79 Å². The number of likely N-dealkylation sites (tertiary alicyclic amines) is 1. The van der Waals surface area contributed by atoms with Crippen LogP contribution in [-0.4, -0.2) is 52.1 Å². The summed E-state index contributed by atoms with van der Waals surface area (Å²) in [5.74, 6) is -2.05. The summed E-state index contributed by atoms with van der Waals surface area (Å²) in [5.41, 5.74) is 2.28. The summed E-state index contributed by atoms with van der Waals surface area (Å²) in [6.07, 6.45) is -0.0163. The van der Waals surface area contributed by atoms with Gasteiger partial charge in [-0.05, 0) is 25.3 Å². The van der Waals surface area contributed by atoms with Crippen LogP contribution in [0.5, 0.6) is 0 Å². The van der Waals surface area contributed by atoms with Gasteiger partial charge in [0.1, 0.15) is 23.8 Å². The van der Waals surface area contributed by atoms with Gasteiger partial charge in [0.25, 0.3) is 0 Å². The van der Waals surface area contributed by atoms with Crippen molar-refractivity contribution in [1.82, 2.24) is 10.1 Å². The Kier molecular flexibility index (Phi) is 8.79. The molecular weight excluding hydrogens is 495 g/mol. The Morgan fingerprint density at radius 1 is 1.14 bits per heavy atom. The van der Waals surface area contributed by atoms with Crippen molar-refractivity contribution in [3.63, 3.8) is 0 Å². The molecule has 0 aliphatic carbocycles. The number of aromatic nitrogens is 1. The fraction of sp³-hybridized carbons (Fsp3) is 0.370. The lowest BCUT2D eigenvalue weighted by Crippen LogP contribution is -2.37. The molecule has 3 atom stereocenters. The van der Waals surface area contributed by atoms with Crippen LogP contribution >= 0.6 is 7.37 Å². The number of carbonyl (C=O) groups excluding carboxylic acids is 2. The lowest BCUT2D eigenvalue weighted by atomic mass is 10.1. The Hall–Kier alpha value is -3.42. The highest BCUT2D eigenvalue weighted by Crippen LogP contribution is 2.53. The maximum Gasteiger partial charge on any atom is 0.410 e. The Morgan fingerprint density at radius 2 is 1.84 bits per heavy atom. The summed E-state index contributed by atoms with van der Waals surface area (Å²) in [6.45, 7) is 2.20. The van der Waals surface area contributed by atoms with E-state index in [0.717, 1.165) is 11.1 Å². The summed E-state index contributed by atoms with van der Waals surface area (Å²) >= 11 is 0. The third kappa shape index (κ3) is 6.87. The average Bonchev–Trinajstić information content (AvgIpc) is 3.59. The van der Waals surface area contributed by atoms with Crippen LogP contribution in [0, 0.1) is 5.92 Å². The molecule has 0 radical (unpaired) electrons. The van der Waals surface area contributed by atoms with E-state index < -0.39 is 31.1 Å². The molecule has 0 saturated carbocycles. The van der Waals surface area contributed by atoms with Gasteiger partial charge in [-0.2, -0.15) is 0 Å². The molecule has 1 aliphatic heterocycles. The van der Waals surface area contributed by atoms with Crippen molar-refractivity contribution in [1.29, 1.82) is 0 Å². The molecule has 0 spiro atoms. The number of hydrogen-bond acceptors (Lipinski definition) is 7. The first-order valence-electron chi connectivity index (χ1n) is 12.3. The van der Waals surface area contributed by atoms with Gasteiger partial charge in [0.05, 0.1) is 12.5 Å². The Bertz CT molecular complexity index is 1230. The fourth-order valence-electron chi connectivity index (χ4n) is 4.50. The van der Waals surface area contributed by atoms with Crippen molar-refractivity contribution in [2.24, 2.45) is 5.92 Å². The Labute approximate surface area is 215 Å². The summed E-state index contributed by atoms with van der Waals surface area (Å²) < 4.78 is 29.6. The Morgan fingerprint density at radius 3 is 2.54 bits per heavy atom. The zero-order valence-corrected chi connectivity index (χ0v) is 21.6. The van der Waals surface area contributed by atoms with Crippen LogP contribution in [-0.2, 0) is 31.9 Å². The SMILES string of the molecule is CCOC(=O)[C@H](Cc1cc(-c2ccccc2)no1)CP(=O)(O)[C@H]1CCCN1C(=O)OCc1ccccc1. The van der Waals surface area contributed by atoms with Crippen LogP contribution in [0.3, 0.4) is 0 Å². The molecule has 2 aromatic carbocycles. The first-order valence-corrected chi connectivity index (χ1v) is 14.2. The highest BCUT2D eigenvalue weighted by molar-refractivity contribution is 7.58. The molecule has 1 aliphatic rings. The van der Waals surface area contributed by atoms with Crippen molar-refractivity contribution < 1.29 is 33.0 Å². The van der Waals surface area contributed by atoms with Gasteiger partial charge in [0.15, 0.2) is 0 Å². The van der Waals surface area contributed by atoms with E-state index in [1.54, 1.807) is 13.0 Å². The number of amides is 1. The average molecular weight is 527 g/mol. The summed E-state index contributed by atoms with van der Waals surface area (Å²) in [7, 11) is -4.01. The predicted octanol–water partition coefficient (Wildman–Crippen LogP) is 5.09. The predicted molar refractivity (Wildman–Crippen MR) is 137 cm³/mol. The van der Waals surface area contributed by atoms with Crippen LogP contribution in [0.4, 0.5) is 4.79 Å². The first kappa shape index (κ1) is 26.6. The highest BCUT2D eigenvalue weighted by atomic mass is 31.2. The zero-order valence-electron chi connectivity index (χ0n) is 20.7. The number of hydrogen-bond donors (Lipinski definition) is 1. The fourth-order valence-corrected chi connectivity index (χ4v) is 6.89. The molecule has 0 bridgehead atoms. The minimum atomic E-state index is -4.01. The standard InChI is InChI=1S/C27H31N2O7P/c1-2-34-26(30)22(16-23-17-24(28-36-23)21-12-7-4-8-13-21)19-37(32,33)25-14-9-15-29(25)27(31)35-18-20-10-5-3-6-11-20/h3-8,10-13,17,22,25H,2,9,14-16,18-19H2,1H3,(H,32,33)/t22-,25+/m1/s1. The normalized spacial score (nSPS) is 17.7. The van der Waals surface area contributed by atoms with Gasteiger partial charge < -0.3 is 18.9 Å². The van der Waals surface area contributed by atoms with E-state index in [1.165, 1.54) is 4.90 Å². The van der Waals surface area contributed by atoms with Gasteiger partial charge in [0, 0.05) is 30.8 Å². The number of nitrogens with zero attached hydrogens (tertiary/aromatic N) is 2. The smallest absolute Gasteiger partial charge is 0.410 e. The second-order valence-electron chi connectivity index (χ2n) is 8.99. The molecule has 1 aromatic heterocycles. The molecule has 4 rings (SSSR count). The van der Waals surface area contributed by atoms with Crippen molar-refractivity contribution >= 4 is 19.4 Å². The van der Waals surface area contributed by atoms with Gasteiger partial charge in [0.2, 0.25) is 7.37 Å². The van der Waals surface area contributed by atoms with Crippen molar-refractivity contribution in [3.05, 3.63) is 78.1 Å². The molecule has 1 N–H and O–H groups in total. The van der Waals surface area contributed by atoms with Gasteiger partial charge in [-0.3, -0.25) is 14.3 Å². The minimum absolute atomic E-state index is 0.0500. The lowest BCUT2D eigenvalue weighted by Gasteiger charge is -2.29. The molecule has 1 fully saturated rings. The molecule has 9 nitrogen and oxygen atoms in total. The quantitative estimate of drug-likeness (QED) is 0.287. The zero-order chi connectivity index (χ0) is 26.3. The largest absolute Gasteiger partial charge is 0.466 e. The molecule has 2 heterocycles. The van der Waals surface area contributed by atoms with E-state index in [9.17, 15) is 19.0 Å². The van der Waals surface area contributed by atoms with Crippen molar-refractivity contribution in [2.45, 2.75) is 38.6 Å². The first-order chi connectivity index (χ1) is 17.9. The van der Waals surface area contributed by atoms with E-state index in [1.807, 2.05) is 60.7 Å². The number of rotatable bonds is 10. The van der Waals surface area contributed by atoms with E-state index in [2.05, 4.69) is 5.16 Å². The minimum Gasteiger partial charge on any atom is -0.466 e. The van der Waals surface area contributed by atoms with Gasteiger partial charge in [-0.1, -0.05) is 65.8 Å². The summed E-state index contributed by atoms with van der Waals surface area (Å²) in [5, 5.41) is 4.07. The Balaban J connectivity index is 1.45. The van der Waals surface area contributed by atoms with Crippen LogP contribution in [0.2, 0.25) is 0 Å². The van der Waals surface area contributed by atoms with Crippen LogP contribution < -0.4 is 0 Å². The van der Waals surface area contributed by atoms with E-state index >= 15 is 0 Å². The summed E-state index contributed by atoms with van der Waals surface area (Å²) in [4.78, 5) is 38.0. The number of ether oxygens (including phenoxy) is 2. The lowest BCUT2D eigenvalue weighted by molar-refractivity contribution is -0.147. The van der Waals surface area contributed by atoms with Crippen LogP contribution in [0.1, 0.15) is 31.1 Å². The molecule has 10 heteroatoms. The highest BCUT2D eigenvalue weighted by Gasteiger charge is 2.44. The van der Waals surface area contributed by atoms with Crippen molar-refractivity contribution in [2.75, 3.05) is 19.3 Å². The molecule has 1 unspecified atom stereocenters. The molecule has 196 valence electrons. The molecule has 37 heavy (non-hydrogen) atoms. The number of benzene rings is 2. The molecular formula is C27H31N2O7P. The number of carbonyl (C=O) groups is 2. The van der Waals surface area contributed by atoms with Crippen molar-refractivity contribution in [3.8, 4) is 11.3 Å². The second-order valence-corrected chi connectivity index (χ2v) is 11.5. The molecule has 1 saturated heterocycles. The third-order valence-electron chi connectivity index (χ3n) is 6.30. The second kappa shape index (κ2) is 12.2. The van der Waals surface area contributed by atoms with Gasteiger partial charge in [-0.15, -0.1) is 0 Å². The third-order valence-corrected chi connectivity index (χ3v) is 8.74. The maximum atomic E-state index is 13.6. The van der Waals surface area contributed by atoms with E-state index in [4.69, 9.17) is 14.0 Å². The molecule has 1 amide bonds. The topological polar surface area (TPSA) is 119 Å². The van der Waals surface area contributed by atoms with E-state index in [-0.39, 0.29) is 25.8 Å². The van der Waals surface area contributed by atoms with Crippen LogP contribution in [0.25, 0.3) is 11.3 Å². The van der Waals surface area contributed by atoms with Gasteiger partial charge >= 0.3 is 12.1 Å². The van der Waals surface area contributed by atoms with Crippen LogP contribution in [0.15, 0.2) is 71.3 Å².